The van der Waals surface area contributed by atoms with Crippen molar-refractivity contribution in [3.05, 3.63) is 29.3 Å². The van der Waals surface area contributed by atoms with Crippen LogP contribution in [-0.2, 0) is 11.0 Å². The smallest absolute Gasteiger partial charge is 0.376 e. The highest BCUT2D eigenvalue weighted by atomic mass is 19.4. The summed E-state index contributed by atoms with van der Waals surface area (Å²) in [7, 11) is 0. The van der Waals surface area contributed by atoms with E-state index in [1.54, 1.807) is 0 Å². The van der Waals surface area contributed by atoms with Gasteiger partial charge in [-0.05, 0) is 18.2 Å². The quantitative estimate of drug-likeness (QED) is 0.814. The van der Waals surface area contributed by atoms with E-state index in [1.807, 2.05) is 6.07 Å². The van der Waals surface area contributed by atoms with Crippen LogP contribution in [0.15, 0.2) is 18.2 Å². The first kappa shape index (κ1) is 16.3. The molecule has 0 saturated carbocycles. The molecule has 1 aromatic rings. The minimum atomic E-state index is -4.64. The lowest BCUT2D eigenvalue weighted by atomic mass is 10.1. The monoisotopic (exact) mass is 296 g/mol. The molecule has 0 saturated heterocycles. The van der Waals surface area contributed by atoms with Gasteiger partial charge in [-0.1, -0.05) is 0 Å². The summed E-state index contributed by atoms with van der Waals surface area (Å²) in [5, 5.41) is 21.9. The lowest BCUT2D eigenvalue weighted by molar-refractivity contribution is -0.137. The molecule has 1 aromatic carbocycles. The maximum atomic E-state index is 12.7. The van der Waals surface area contributed by atoms with Gasteiger partial charge in [-0.3, -0.25) is 4.79 Å². The van der Waals surface area contributed by atoms with E-state index in [-0.39, 0.29) is 25.2 Å². The van der Waals surface area contributed by atoms with Crippen molar-refractivity contribution in [1.29, 1.82) is 10.5 Å². The van der Waals surface area contributed by atoms with Gasteiger partial charge in [-0.15, -0.1) is 0 Å². The largest absolute Gasteiger partial charge is 0.417 e. The third-order valence-electron chi connectivity index (χ3n) is 2.46. The Kier molecular flexibility index (Phi) is 5.56. The predicted octanol–water partition coefficient (Wildman–Crippen LogP) is 2.02. The van der Waals surface area contributed by atoms with Crippen LogP contribution in [-0.4, -0.2) is 19.0 Å². The Morgan fingerprint density at radius 3 is 2.57 bits per heavy atom. The second kappa shape index (κ2) is 7.15. The molecule has 0 radical (unpaired) electrons. The van der Waals surface area contributed by atoms with Crippen LogP contribution in [0.25, 0.3) is 0 Å². The lowest BCUT2D eigenvalue weighted by Gasteiger charge is -2.12. The molecule has 1 rings (SSSR count). The molecule has 0 heterocycles. The van der Waals surface area contributed by atoms with Crippen LogP contribution in [0.4, 0.5) is 18.9 Å². The third kappa shape index (κ3) is 5.03. The Labute approximate surface area is 119 Å². The summed E-state index contributed by atoms with van der Waals surface area (Å²) in [6.45, 7) is -0.0488. The molecular weight excluding hydrogens is 285 g/mol. The number of anilines is 1. The van der Waals surface area contributed by atoms with Crippen LogP contribution in [0.3, 0.4) is 0 Å². The van der Waals surface area contributed by atoms with Crippen LogP contribution in [0.2, 0.25) is 0 Å². The molecule has 8 heteroatoms. The number of nitrogens with zero attached hydrogens (tertiary/aromatic N) is 2. The molecule has 21 heavy (non-hydrogen) atoms. The Bertz CT molecular complexity index is 599. The summed E-state index contributed by atoms with van der Waals surface area (Å²) in [6.07, 6.45) is -4.49. The lowest BCUT2D eigenvalue weighted by Crippen LogP contribution is -2.30. The number of amides is 1. The number of hydrogen-bond donors (Lipinski definition) is 2. The second-order valence-corrected chi connectivity index (χ2v) is 3.98. The Hall–Kier alpha value is -2.74. The Balaban J connectivity index is 2.72. The molecule has 0 unspecified atom stereocenters. The summed E-state index contributed by atoms with van der Waals surface area (Å²) >= 11 is 0. The van der Waals surface area contributed by atoms with Crippen LogP contribution in [0, 0.1) is 22.7 Å². The first-order valence-electron chi connectivity index (χ1n) is 5.87. The van der Waals surface area contributed by atoms with Gasteiger partial charge in [0.25, 0.3) is 0 Å². The highest BCUT2D eigenvalue weighted by Gasteiger charge is 2.33. The SMILES string of the molecule is N#CCCNC(=O)CNc1ccc(C#N)c(C(F)(F)F)c1. The molecular formula is C13H11F3N4O. The number of hydrogen-bond acceptors (Lipinski definition) is 4. The highest BCUT2D eigenvalue weighted by molar-refractivity contribution is 5.80. The third-order valence-corrected chi connectivity index (χ3v) is 2.46. The van der Waals surface area contributed by atoms with Gasteiger partial charge in [0.05, 0.1) is 36.2 Å². The molecule has 0 aliphatic carbocycles. The number of benzene rings is 1. The molecule has 0 aliphatic rings. The van der Waals surface area contributed by atoms with Gasteiger partial charge >= 0.3 is 6.18 Å². The average Bonchev–Trinajstić information content (AvgIpc) is 2.44. The fourth-order valence-corrected chi connectivity index (χ4v) is 1.49. The van der Waals surface area contributed by atoms with E-state index in [1.165, 1.54) is 12.1 Å². The summed E-state index contributed by atoms with van der Waals surface area (Å²) < 4.78 is 38.2. The number of alkyl halides is 3. The van der Waals surface area contributed by atoms with Crippen LogP contribution < -0.4 is 10.6 Å². The number of carbonyl (C=O) groups is 1. The Morgan fingerprint density at radius 1 is 1.29 bits per heavy atom. The summed E-state index contributed by atoms with van der Waals surface area (Å²) in [6, 6.07) is 6.42. The molecule has 5 nitrogen and oxygen atoms in total. The number of nitriles is 2. The zero-order valence-corrected chi connectivity index (χ0v) is 10.8. The number of rotatable bonds is 5. The normalized spacial score (nSPS) is 10.3. The van der Waals surface area contributed by atoms with Crippen molar-refractivity contribution in [1.82, 2.24) is 5.32 Å². The van der Waals surface area contributed by atoms with Gasteiger partial charge in [0, 0.05) is 12.2 Å². The summed E-state index contributed by atoms with van der Waals surface area (Å²) in [5.41, 5.74) is -1.46. The molecule has 0 aliphatic heterocycles. The maximum Gasteiger partial charge on any atom is 0.417 e. The number of carbonyl (C=O) groups excluding carboxylic acids is 1. The van der Waals surface area contributed by atoms with Crippen molar-refractivity contribution in [2.45, 2.75) is 12.6 Å². The maximum absolute atomic E-state index is 12.7. The second-order valence-electron chi connectivity index (χ2n) is 3.98. The molecule has 0 bridgehead atoms. The Morgan fingerprint density at radius 2 is 2.00 bits per heavy atom. The summed E-state index contributed by atoms with van der Waals surface area (Å²) in [4.78, 5) is 11.3. The zero-order chi connectivity index (χ0) is 15.9. The number of nitrogens with one attached hydrogen (secondary N) is 2. The fraction of sp³-hybridized carbons (Fsp3) is 0.308. The fourth-order valence-electron chi connectivity index (χ4n) is 1.49. The van der Waals surface area contributed by atoms with Crippen molar-refractivity contribution in [2.24, 2.45) is 0 Å². The molecule has 110 valence electrons. The predicted molar refractivity (Wildman–Crippen MR) is 67.9 cm³/mol. The highest BCUT2D eigenvalue weighted by Crippen LogP contribution is 2.33. The van der Waals surface area contributed by atoms with Crippen LogP contribution in [0.5, 0.6) is 0 Å². The summed E-state index contributed by atoms with van der Waals surface area (Å²) in [5.74, 6) is -0.442. The molecule has 2 N–H and O–H groups in total. The van der Waals surface area contributed by atoms with Gasteiger partial charge in [-0.2, -0.15) is 23.7 Å². The molecule has 1 amide bonds. The van der Waals surface area contributed by atoms with Crippen LogP contribution >= 0.6 is 0 Å². The van der Waals surface area contributed by atoms with E-state index in [0.717, 1.165) is 12.1 Å². The zero-order valence-electron chi connectivity index (χ0n) is 10.8. The van der Waals surface area contributed by atoms with Crippen molar-refractivity contribution in [3.8, 4) is 12.1 Å². The van der Waals surface area contributed by atoms with Gasteiger partial charge in [0.15, 0.2) is 0 Å². The van der Waals surface area contributed by atoms with E-state index < -0.39 is 23.2 Å². The average molecular weight is 296 g/mol. The van der Waals surface area contributed by atoms with E-state index in [4.69, 9.17) is 10.5 Å². The molecule has 0 fully saturated rings. The van der Waals surface area contributed by atoms with Crippen molar-refractivity contribution in [3.63, 3.8) is 0 Å². The van der Waals surface area contributed by atoms with Gasteiger partial charge in [-0.25, -0.2) is 0 Å². The minimum Gasteiger partial charge on any atom is -0.376 e. The van der Waals surface area contributed by atoms with Crippen molar-refractivity contribution in [2.75, 3.05) is 18.4 Å². The van der Waals surface area contributed by atoms with E-state index >= 15 is 0 Å². The topological polar surface area (TPSA) is 88.7 Å². The minimum absolute atomic E-state index is 0.0803. The standard InChI is InChI=1S/C13H11F3N4O/c14-13(15,16)11-6-10(3-2-9(11)7-18)20-8-12(21)19-5-1-4-17/h2-3,6,20H,1,5,8H2,(H,19,21). The van der Waals surface area contributed by atoms with E-state index in [0.29, 0.717) is 0 Å². The van der Waals surface area contributed by atoms with Gasteiger partial charge in [0.2, 0.25) is 5.91 Å². The van der Waals surface area contributed by atoms with Crippen molar-refractivity contribution >= 4 is 11.6 Å². The van der Waals surface area contributed by atoms with E-state index in [2.05, 4.69) is 10.6 Å². The first-order chi connectivity index (χ1) is 9.88. The first-order valence-corrected chi connectivity index (χ1v) is 5.87. The molecule has 0 atom stereocenters. The molecule has 0 spiro atoms. The number of halogens is 3. The molecule has 0 aromatic heterocycles. The van der Waals surface area contributed by atoms with Crippen molar-refractivity contribution < 1.29 is 18.0 Å². The van der Waals surface area contributed by atoms with Crippen LogP contribution in [0.1, 0.15) is 17.5 Å². The van der Waals surface area contributed by atoms with Gasteiger partial charge in [0.1, 0.15) is 0 Å². The van der Waals surface area contributed by atoms with Gasteiger partial charge < -0.3 is 10.6 Å². The van der Waals surface area contributed by atoms with E-state index in [9.17, 15) is 18.0 Å².